The average molecular weight is 834 g/mol. The molecular weight excluding hydrogens is 775 g/mol. The number of nitrogens with zero attached hydrogens (tertiary/aromatic N) is 2. The normalized spacial score (nSPS) is 30.7. The van der Waals surface area contributed by atoms with Crippen molar-refractivity contribution in [1.29, 1.82) is 0 Å². The number of carbonyl (C=O) groups is 4. The van der Waals surface area contributed by atoms with Gasteiger partial charge in [-0.1, -0.05) is 43.9 Å². The monoisotopic (exact) mass is 833 g/mol. The van der Waals surface area contributed by atoms with Crippen LogP contribution in [0.5, 0.6) is 11.6 Å². The van der Waals surface area contributed by atoms with Gasteiger partial charge in [0.05, 0.1) is 29.5 Å². The summed E-state index contributed by atoms with van der Waals surface area (Å²) in [5.41, 5.74) is -0.0282. The van der Waals surface area contributed by atoms with E-state index in [0.717, 1.165) is 81.6 Å². The molecule has 3 N–H and O–H groups in total. The topological polar surface area (TPSA) is 182 Å². The first kappa shape index (κ1) is 41.3. The van der Waals surface area contributed by atoms with Gasteiger partial charge in [-0.25, -0.2) is 18.2 Å². The SMILES string of the molecule is C=C[C@@H]1CC[C@]1(NC(=O)[C@@H]1C[C@@H]2CN1C(=O)[C@H](C1CCCC1)NC(=O)O[C@@H]1CCC[C@H]1CCCCCc1c(nc3ccccc3c1OCC)O2)C(=O)NS(=O)(=O)C1CC1. The van der Waals surface area contributed by atoms with Crippen molar-refractivity contribution in [3.8, 4) is 11.6 Å². The number of sulfonamides is 1. The van der Waals surface area contributed by atoms with Crippen molar-refractivity contribution in [1.82, 2.24) is 25.2 Å². The zero-order valence-electron chi connectivity index (χ0n) is 34.1. The second-order valence-corrected chi connectivity index (χ2v) is 19.5. The van der Waals surface area contributed by atoms with E-state index in [1.54, 1.807) is 6.08 Å². The Morgan fingerprint density at radius 1 is 0.983 bits per heavy atom. The Balaban J connectivity index is 1.16. The zero-order chi connectivity index (χ0) is 41.3. The number of pyridine rings is 1. The molecule has 7 atom stereocenters. The maximum Gasteiger partial charge on any atom is 0.408 e. The van der Waals surface area contributed by atoms with Crippen LogP contribution in [0.4, 0.5) is 4.79 Å². The lowest BCUT2D eigenvalue weighted by molar-refractivity contribution is -0.145. The molecule has 2 bridgehead atoms. The van der Waals surface area contributed by atoms with E-state index in [1.807, 2.05) is 31.2 Å². The van der Waals surface area contributed by atoms with E-state index in [0.29, 0.717) is 49.4 Å². The highest BCUT2D eigenvalue weighted by Gasteiger charge is 2.56. The van der Waals surface area contributed by atoms with Crippen molar-refractivity contribution in [2.45, 2.75) is 151 Å². The molecule has 0 unspecified atom stereocenters. The standard InChI is InChI=1S/C44H59N5O9S/c1-3-29-23-24-44(29,42(52)48-59(54,55)31-21-22-31)47-39(50)35-25-30-26-49(35)41(51)37(28-14-8-9-15-28)46-43(53)58-36-20-12-16-27(36)13-6-5-7-18-33-38(56-4-2)32-17-10-11-19-34(32)45-40(33)57-30/h3,10-11,17,19,27-31,35-37H,1,4-9,12-16,18,20-26H2,2H3,(H,46,53)(H,47,50)(H,48,52)/t27-,29-,30-,35+,36-,37+,44-/m1/s1. The molecule has 8 rings (SSSR count). The number of alkyl carbamates (subject to hydrolysis) is 1. The Labute approximate surface area is 347 Å². The van der Waals surface area contributed by atoms with Crippen LogP contribution in [0.15, 0.2) is 36.9 Å². The first-order valence-corrected chi connectivity index (χ1v) is 23.5. The molecule has 4 aliphatic carbocycles. The number of rotatable bonds is 9. The highest BCUT2D eigenvalue weighted by atomic mass is 32.2. The number of fused-ring (bicyclic) bond motifs is 5. The summed E-state index contributed by atoms with van der Waals surface area (Å²) in [6.45, 7) is 6.29. The van der Waals surface area contributed by atoms with Gasteiger partial charge in [-0.15, -0.1) is 6.58 Å². The van der Waals surface area contributed by atoms with Crippen LogP contribution in [0.25, 0.3) is 10.9 Å². The lowest BCUT2D eigenvalue weighted by Gasteiger charge is -2.47. The Morgan fingerprint density at radius 2 is 1.73 bits per heavy atom. The molecule has 4 saturated carbocycles. The summed E-state index contributed by atoms with van der Waals surface area (Å²) in [7, 11) is -3.91. The van der Waals surface area contributed by atoms with E-state index in [2.05, 4.69) is 21.9 Å². The summed E-state index contributed by atoms with van der Waals surface area (Å²) in [5.74, 6) is -1.17. The van der Waals surface area contributed by atoms with Gasteiger partial charge in [0.2, 0.25) is 27.7 Å². The molecule has 2 aliphatic heterocycles. The molecule has 0 radical (unpaired) electrons. The number of ether oxygens (including phenoxy) is 3. The number of hydrogen-bond acceptors (Lipinski definition) is 10. The smallest absolute Gasteiger partial charge is 0.408 e. The molecule has 0 spiro atoms. The predicted octanol–water partition coefficient (Wildman–Crippen LogP) is 5.61. The van der Waals surface area contributed by atoms with Gasteiger partial charge < -0.3 is 29.7 Å². The Kier molecular flexibility index (Phi) is 12.1. The lowest BCUT2D eigenvalue weighted by Crippen LogP contribution is -2.70. The second-order valence-electron chi connectivity index (χ2n) is 17.6. The minimum atomic E-state index is -3.91. The Bertz CT molecular complexity index is 2050. The van der Waals surface area contributed by atoms with Crippen LogP contribution in [0, 0.1) is 17.8 Å². The molecule has 14 nitrogen and oxygen atoms in total. The highest BCUT2D eigenvalue weighted by Crippen LogP contribution is 2.42. The summed E-state index contributed by atoms with van der Waals surface area (Å²) >= 11 is 0. The lowest BCUT2D eigenvalue weighted by atomic mass is 9.66. The number of aromatic nitrogens is 1. The number of amides is 4. The van der Waals surface area contributed by atoms with Crippen LogP contribution in [-0.4, -0.2) is 90.3 Å². The van der Waals surface area contributed by atoms with Crippen LogP contribution in [0.1, 0.15) is 115 Å². The number of hydrogen-bond donors (Lipinski definition) is 3. The van der Waals surface area contributed by atoms with Crippen LogP contribution in [0.2, 0.25) is 0 Å². The third kappa shape index (κ3) is 8.50. The molecule has 3 heterocycles. The molecule has 4 amide bonds. The minimum Gasteiger partial charge on any atom is -0.493 e. The summed E-state index contributed by atoms with van der Waals surface area (Å²) in [6, 6.07) is 5.71. The molecule has 5 fully saturated rings. The van der Waals surface area contributed by atoms with Crippen LogP contribution in [-0.2, 0) is 35.6 Å². The molecule has 2 aromatic rings. The van der Waals surface area contributed by atoms with Crippen molar-refractivity contribution < 1.29 is 41.8 Å². The minimum absolute atomic E-state index is 0.0135. The summed E-state index contributed by atoms with van der Waals surface area (Å²) in [5, 5.41) is 6.16. The first-order valence-electron chi connectivity index (χ1n) is 22.0. The van der Waals surface area contributed by atoms with Gasteiger partial charge in [0.1, 0.15) is 35.6 Å². The fraction of sp³-hybridized carbons (Fsp3) is 0.659. The maximum atomic E-state index is 15.0. The summed E-state index contributed by atoms with van der Waals surface area (Å²) < 4.78 is 47.4. The van der Waals surface area contributed by atoms with Crippen LogP contribution < -0.4 is 24.8 Å². The number of benzene rings is 1. The maximum absolute atomic E-state index is 15.0. The van der Waals surface area contributed by atoms with Crippen molar-refractivity contribution in [2.24, 2.45) is 17.8 Å². The largest absolute Gasteiger partial charge is 0.493 e. The molecule has 1 aromatic carbocycles. The molecule has 1 saturated heterocycles. The van der Waals surface area contributed by atoms with Gasteiger partial charge in [-0.3, -0.25) is 19.1 Å². The Morgan fingerprint density at radius 3 is 2.46 bits per heavy atom. The number of nitrogens with one attached hydrogen (secondary N) is 3. The third-order valence-corrected chi connectivity index (χ3v) is 15.6. The van der Waals surface area contributed by atoms with Gasteiger partial charge in [-0.2, -0.15) is 0 Å². The summed E-state index contributed by atoms with van der Waals surface area (Å²) in [4.78, 5) is 63.8. The third-order valence-electron chi connectivity index (χ3n) is 13.8. The Hall–Kier alpha value is -4.40. The van der Waals surface area contributed by atoms with Gasteiger partial charge in [0.15, 0.2) is 0 Å². The van der Waals surface area contributed by atoms with Crippen LogP contribution >= 0.6 is 0 Å². The molecule has 320 valence electrons. The van der Waals surface area contributed by atoms with E-state index >= 15 is 4.79 Å². The number of para-hydroxylation sites is 1. The molecular formula is C44H59N5O9S. The van der Waals surface area contributed by atoms with E-state index in [9.17, 15) is 22.8 Å². The predicted molar refractivity (Wildman–Crippen MR) is 220 cm³/mol. The molecule has 15 heteroatoms. The van der Waals surface area contributed by atoms with Gasteiger partial charge in [0.25, 0.3) is 5.91 Å². The molecule has 6 aliphatic rings. The van der Waals surface area contributed by atoms with E-state index < -0.39 is 68.7 Å². The summed E-state index contributed by atoms with van der Waals surface area (Å²) in [6.07, 6.45) is 12.1. The first-order chi connectivity index (χ1) is 28.5. The van der Waals surface area contributed by atoms with Gasteiger partial charge in [-0.05, 0) is 108 Å². The van der Waals surface area contributed by atoms with Crippen molar-refractivity contribution in [2.75, 3.05) is 13.2 Å². The quantitative estimate of drug-likeness (QED) is 0.269. The van der Waals surface area contributed by atoms with Gasteiger partial charge >= 0.3 is 6.09 Å². The van der Waals surface area contributed by atoms with E-state index in [-0.39, 0.29) is 37.3 Å². The van der Waals surface area contributed by atoms with Crippen molar-refractivity contribution in [3.63, 3.8) is 0 Å². The highest BCUT2D eigenvalue weighted by molar-refractivity contribution is 7.91. The fourth-order valence-electron chi connectivity index (χ4n) is 10.3. The zero-order valence-corrected chi connectivity index (χ0v) is 34.9. The number of carbonyl (C=O) groups excluding carboxylic acids is 4. The van der Waals surface area contributed by atoms with Crippen LogP contribution in [0.3, 0.4) is 0 Å². The second kappa shape index (κ2) is 17.3. The fourth-order valence-corrected chi connectivity index (χ4v) is 11.6. The van der Waals surface area contributed by atoms with Gasteiger partial charge in [0, 0.05) is 17.7 Å². The van der Waals surface area contributed by atoms with Crippen molar-refractivity contribution >= 4 is 44.7 Å². The average Bonchev–Trinajstić information content (AvgIpc) is 3.54. The van der Waals surface area contributed by atoms with E-state index in [1.165, 1.54) is 4.90 Å². The van der Waals surface area contributed by atoms with Crippen molar-refractivity contribution in [3.05, 3.63) is 42.5 Å². The molecule has 1 aromatic heterocycles. The van der Waals surface area contributed by atoms with E-state index in [4.69, 9.17) is 19.2 Å². The molecule has 59 heavy (non-hydrogen) atoms.